The number of hydrogen-bond donors (Lipinski definition) is 1. The van der Waals surface area contributed by atoms with E-state index in [1.807, 2.05) is 0 Å². The summed E-state index contributed by atoms with van der Waals surface area (Å²) in [6.45, 7) is 1.79. The summed E-state index contributed by atoms with van der Waals surface area (Å²) in [5.74, 6) is -0.849. The summed E-state index contributed by atoms with van der Waals surface area (Å²) in [5.41, 5.74) is 1.98. The number of halogens is 1. The highest BCUT2D eigenvalue weighted by Crippen LogP contribution is 2.26. The number of carbonyl (C=O) groups excluding carboxylic acids is 2. The number of carbonyl (C=O) groups is 2. The number of benzene rings is 2. The number of methoxy groups -OCH3 is 1. The summed E-state index contributed by atoms with van der Waals surface area (Å²) in [6, 6.07) is 11.8. The van der Waals surface area contributed by atoms with Crippen molar-refractivity contribution in [3.8, 4) is 0 Å². The number of furan rings is 1. The van der Waals surface area contributed by atoms with E-state index in [0.717, 1.165) is 10.9 Å². The van der Waals surface area contributed by atoms with Crippen molar-refractivity contribution in [2.75, 3.05) is 12.4 Å². The van der Waals surface area contributed by atoms with Crippen molar-refractivity contribution in [1.82, 2.24) is 0 Å². The third-order valence-corrected chi connectivity index (χ3v) is 3.85. The predicted octanol–water partition coefficient (Wildman–Crippen LogP) is 4.43. The molecule has 0 unspecified atom stereocenters. The Bertz CT molecular complexity index is 945. The minimum Gasteiger partial charge on any atom is -0.465 e. The Kier molecular flexibility index (Phi) is 4.27. The molecule has 0 aliphatic carbocycles. The largest absolute Gasteiger partial charge is 0.465 e. The zero-order chi connectivity index (χ0) is 17.3. The summed E-state index contributed by atoms with van der Waals surface area (Å²) in [6.07, 6.45) is 0. The number of para-hydroxylation sites is 1. The van der Waals surface area contributed by atoms with E-state index in [2.05, 4.69) is 5.32 Å². The Morgan fingerprint density at radius 1 is 1.17 bits per heavy atom. The van der Waals surface area contributed by atoms with Crippen molar-refractivity contribution in [2.45, 2.75) is 6.92 Å². The summed E-state index contributed by atoms with van der Waals surface area (Å²) in [7, 11) is 1.29. The molecule has 0 aliphatic heterocycles. The molecule has 1 aromatic heterocycles. The molecular weight excluding hydrogens is 330 g/mol. The second-order valence-electron chi connectivity index (χ2n) is 5.24. The van der Waals surface area contributed by atoms with Crippen LogP contribution in [0.15, 0.2) is 46.9 Å². The molecule has 2 aromatic carbocycles. The van der Waals surface area contributed by atoms with Gasteiger partial charge in [-0.05, 0) is 42.8 Å². The van der Waals surface area contributed by atoms with Crippen molar-refractivity contribution < 1.29 is 18.7 Å². The van der Waals surface area contributed by atoms with Gasteiger partial charge in [0.1, 0.15) is 5.58 Å². The molecule has 6 heteroatoms. The van der Waals surface area contributed by atoms with Crippen molar-refractivity contribution in [3.05, 3.63) is 64.4 Å². The maximum absolute atomic E-state index is 12.5. The van der Waals surface area contributed by atoms with Crippen LogP contribution in [-0.2, 0) is 4.74 Å². The first-order valence-corrected chi connectivity index (χ1v) is 7.56. The zero-order valence-electron chi connectivity index (χ0n) is 13.1. The van der Waals surface area contributed by atoms with Gasteiger partial charge in [-0.1, -0.05) is 23.7 Å². The van der Waals surface area contributed by atoms with Gasteiger partial charge in [0.25, 0.3) is 5.91 Å². The molecule has 0 atom stereocenters. The van der Waals surface area contributed by atoms with Crippen molar-refractivity contribution >= 4 is 40.1 Å². The number of esters is 1. The average molecular weight is 344 g/mol. The van der Waals surface area contributed by atoms with Crippen LogP contribution in [-0.4, -0.2) is 19.0 Å². The van der Waals surface area contributed by atoms with E-state index >= 15 is 0 Å². The third-order valence-electron chi connectivity index (χ3n) is 3.62. The van der Waals surface area contributed by atoms with E-state index in [1.54, 1.807) is 49.4 Å². The van der Waals surface area contributed by atoms with Gasteiger partial charge in [0.2, 0.25) is 0 Å². The van der Waals surface area contributed by atoms with Crippen LogP contribution >= 0.6 is 11.6 Å². The maximum atomic E-state index is 12.5. The highest BCUT2D eigenvalue weighted by atomic mass is 35.5. The number of amides is 1. The molecule has 0 radical (unpaired) electrons. The topological polar surface area (TPSA) is 68.5 Å². The van der Waals surface area contributed by atoms with Crippen molar-refractivity contribution in [2.24, 2.45) is 0 Å². The van der Waals surface area contributed by atoms with Crippen LogP contribution < -0.4 is 5.32 Å². The molecule has 0 saturated heterocycles. The molecule has 1 amide bonds. The van der Waals surface area contributed by atoms with Gasteiger partial charge in [-0.2, -0.15) is 0 Å². The lowest BCUT2D eigenvalue weighted by molar-refractivity contribution is 0.0602. The van der Waals surface area contributed by atoms with E-state index in [4.69, 9.17) is 20.8 Å². The average Bonchev–Trinajstić information content (AvgIpc) is 2.99. The SMILES string of the molecule is COC(=O)c1cccc(C)c1NC(=O)c1cc2cc(Cl)ccc2o1. The summed E-state index contributed by atoms with van der Waals surface area (Å²) >= 11 is 5.94. The van der Waals surface area contributed by atoms with Gasteiger partial charge in [-0.3, -0.25) is 4.79 Å². The number of ether oxygens (including phenoxy) is 1. The highest BCUT2D eigenvalue weighted by Gasteiger charge is 2.19. The van der Waals surface area contributed by atoms with Crippen LogP contribution in [0.1, 0.15) is 26.5 Å². The smallest absolute Gasteiger partial charge is 0.339 e. The minimum absolute atomic E-state index is 0.131. The predicted molar refractivity (Wildman–Crippen MR) is 91.7 cm³/mol. The number of aryl methyl sites for hydroxylation is 1. The van der Waals surface area contributed by atoms with Crippen LogP contribution in [0.2, 0.25) is 5.02 Å². The van der Waals surface area contributed by atoms with Crippen LogP contribution in [0.25, 0.3) is 11.0 Å². The molecule has 0 bridgehead atoms. The zero-order valence-corrected chi connectivity index (χ0v) is 13.8. The molecule has 0 spiro atoms. The number of nitrogens with one attached hydrogen (secondary N) is 1. The molecule has 1 N–H and O–H groups in total. The summed E-state index contributed by atoms with van der Waals surface area (Å²) in [4.78, 5) is 24.4. The molecule has 0 fully saturated rings. The molecule has 122 valence electrons. The van der Waals surface area contributed by atoms with E-state index in [1.165, 1.54) is 7.11 Å². The first kappa shape index (κ1) is 16.1. The number of rotatable bonds is 3. The first-order chi connectivity index (χ1) is 11.5. The molecule has 3 aromatic rings. The normalized spacial score (nSPS) is 10.6. The maximum Gasteiger partial charge on any atom is 0.339 e. The Labute approximate surface area is 143 Å². The van der Waals surface area contributed by atoms with Crippen molar-refractivity contribution in [3.63, 3.8) is 0 Å². The molecule has 24 heavy (non-hydrogen) atoms. The lowest BCUT2D eigenvalue weighted by atomic mass is 10.1. The lowest BCUT2D eigenvalue weighted by Crippen LogP contribution is -2.16. The molecule has 0 saturated carbocycles. The molecule has 3 rings (SSSR count). The van der Waals surface area contributed by atoms with Gasteiger partial charge in [-0.25, -0.2) is 4.79 Å². The lowest BCUT2D eigenvalue weighted by Gasteiger charge is -2.11. The molecule has 1 heterocycles. The monoisotopic (exact) mass is 343 g/mol. The second-order valence-corrected chi connectivity index (χ2v) is 5.67. The number of hydrogen-bond acceptors (Lipinski definition) is 4. The fraction of sp³-hybridized carbons (Fsp3) is 0.111. The Hall–Kier alpha value is -2.79. The Balaban J connectivity index is 1.95. The van der Waals surface area contributed by atoms with E-state index in [0.29, 0.717) is 16.3 Å². The highest BCUT2D eigenvalue weighted by molar-refractivity contribution is 6.31. The molecular formula is C18H14ClNO4. The van der Waals surface area contributed by atoms with Crippen LogP contribution in [0.4, 0.5) is 5.69 Å². The van der Waals surface area contributed by atoms with Crippen LogP contribution in [0, 0.1) is 6.92 Å². The van der Waals surface area contributed by atoms with Gasteiger partial charge in [-0.15, -0.1) is 0 Å². The summed E-state index contributed by atoms with van der Waals surface area (Å²) < 4.78 is 10.3. The number of fused-ring (bicyclic) bond motifs is 1. The Morgan fingerprint density at radius 3 is 2.71 bits per heavy atom. The van der Waals surface area contributed by atoms with Gasteiger partial charge < -0.3 is 14.5 Å². The quantitative estimate of drug-likeness (QED) is 0.714. The van der Waals surface area contributed by atoms with Crippen LogP contribution in [0.3, 0.4) is 0 Å². The fourth-order valence-electron chi connectivity index (χ4n) is 2.41. The number of anilines is 1. The van der Waals surface area contributed by atoms with Gasteiger partial charge >= 0.3 is 5.97 Å². The van der Waals surface area contributed by atoms with E-state index in [9.17, 15) is 9.59 Å². The van der Waals surface area contributed by atoms with E-state index in [-0.39, 0.29) is 11.3 Å². The van der Waals surface area contributed by atoms with Gasteiger partial charge in [0.15, 0.2) is 5.76 Å². The second kappa shape index (κ2) is 6.37. The summed E-state index contributed by atoms with van der Waals surface area (Å²) in [5, 5.41) is 4.00. The fourth-order valence-corrected chi connectivity index (χ4v) is 2.60. The molecule has 5 nitrogen and oxygen atoms in total. The first-order valence-electron chi connectivity index (χ1n) is 7.18. The van der Waals surface area contributed by atoms with E-state index < -0.39 is 11.9 Å². The van der Waals surface area contributed by atoms with Gasteiger partial charge in [0.05, 0.1) is 18.4 Å². The van der Waals surface area contributed by atoms with Crippen molar-refractivity contribution in [1.29, 1.82) is 0 Å². The third kappa shape index (κ3) is 2.98. The Morgan fingerprint density at radius 2 is 1.96 bits per heavy atom. The molecule has 0 aliphatic rings. The van der Waals surface area contributed by atoms with Gasteiger partial charge in [0, 0.05) is 10.4 Å². The van der Waals surface area contributed by atoms with Crippen LogP contribution in [0.5, 0.6) is 0 Å². The standard InChI is InChI=1S/C18H14ClNO4/c1-10-4-3-5-13(18(22)23-2)16(10)20-17(21)15-9-11-8-12(19)6-7-14(11)24-15/h3-9H,1-2H3,(H,20,21). The minimum atomic E-state index is -0.523.